The first-order valence-electron chi connectivity index (χ1n) is 9.43. The number of benzene rings is 1. The van der Waals surface area contributed by atoms with Crippen molar-refractivity contribution in [3.05, 3.63) is 23.8 Å². The van der Waals surface area contributed by atoms with Gasteiger partial charge in [0.1, 0.15) is 17.0 Å². The van der Waals surface area contributed by atoms with Crippen LogP contribution in [-0.4, -0.2) is 47.9 Å². The molecule has 3 amide bonds. The van der Waals surface area contributed by atoms with Crippen molar-refractivity contribution in [3.63, 3.8) is 0 Å². The molecule has 1 saturated carbocycles. The van der Waals surface area contributed by atoms with Crippen LogP contribution in [0.15, 0.2) is 18.2 Å². The zero-order valence-electron chi connectivity index (χ0n) is 15.8. The van der Waals surface area contributed by atoms with Crippen molar-refractivity contribution in [1.29, 1.82) is 0 Å². The van der Waals surface area contributed by atoms with E-state index in [1.807, 2.05) is 0 Å². The number of halogens is 4. The monoisotopic (exact) mass is 432 g/mol. The van der Waals surface area contributed by atoms with E-state index < -0.39 is 54.5 Å². The molecule has 0 radical (unpaired) electrons. The third-order valence-electron chi connectivity index (χ3n) is 5.20. The molecule has 1 spiro atoms. The molecule has 1 saturated heterocycles. The Morgan fingerprint density at radius 1 is 1.03 bits per heavy atom. The van der Waals surface area contributed by atoms with E-state index in [0.29, 0.717) is 12.8 Å². The number of ketones is 1. The van der Waals surface area contributed by atoms with E-state index in [1.54, 1.807) is 0 Å². The summed E-state index contributed by atoms with van der Waals surface area (Å²) >= 11 is 0. The normalized spacial score (nSPS) is 18.7. The fourth-order valence-electron chi connectivity index (χ4n) is 3.82. The molecule has 3 rings (SSSR count). The van der Waals surface area contributed by atoms with Crippen LogP contribution in [0.3, 0.4) is 0 Å². The van der Waals surface area contributed by atoms with E-state index in [2.05, 4.69) is 14.8 Å². The van der Waals surface area contributed by atoms with Crippen molar-refractivity contribution in [1.82, 2.24) is 10.2 Å². The van der Waals surface area contributed by atoms with Crippen LogP contribution in [-0.2, 0) is 4.79 Å². The number of carbonyl (C=O) groups excluding carboxylic acids is 3. The lowest BCUT2D eigenvalue weighted by Gasteiger charge is -2.24. The molecule has 11 heteroatoms. The Balaban J connectivity index is 1.81. The third kappa shape index (κ3) is 4.65. The molecular weight excluding hydrogens is 412 g/mol. The summed E-state index contributed by atoms with van der Waals surface area (Å²) in [4.78, 5) is 38.7. The summed E-state index contributed by atoms with van der Waals surface area (Å²) < 4.78 is 58.5. The van der Waals surface area contributed by atoms with Gasteiger partial charge in [-0.2, -0.15) is 17.6 Å². The van der Waals surface area contributed by atoms with Crippen molar-refractivity contribution < 1.29 is 41.4 Å². The summed E-state index contributed by atoms with van der Waals surface area (Å²) in [6.45, 7) is -7.22. The molecule has 0 unspecified atom stereocenters. The van der Waals surface area contributed by atoms with Gasteiger partial charge in [-0.3, -0.25) is 14.5 Å². The van der Waals surface area contributed by atoms with E-state index in [4.69, 9.17) is 0 Å². The number of carbonyl (C=O) groups is 3. The molecule has 1 aromatic rings. The van der Waals surface area contributed by atoms with Gasteiger partial charge >= 0.3 is 19.3 Å². The largest absolute Gasteiger partial charge is 0.435 e. The lowest BCUT2D eigenvalue weighted by atomic mass is 9.90. The van der Waals surface area contributed by atoms with Gasteiger partial charge in [0, 0.05) is 6.07 Å². The summed E-state index contributed by atoms with van der Waals surface area (Å²) in [6.07, 6.45) is 4.30. The summed E-state index contributed by atoms with van der Waals surface area (Å²) in [6, 6.07) is 1.95. The highest BCUT2D eigenvalue weighted by Crippen LogP contribution is 2.33. The molecular formula is C19H20F4N2O5. The molecule has 1 aliphatic carbocycles. The molecule has 0 aromatic heterocycles. The van der Waals surface area contributed by atoms with Crippen LogP contribution in [0.4, 0.5) is 22.4 Å². The molecule has 7 nitrogen and oxygen atoms in total. The number of nitrogens with zero attached hydrogens (tertiary/aromatic N) is 1. The number of amides is 3. The second kappa shape index (κ2) is 8.88. The van der Waals surface area contributed by atoms with Crippen LogP contribution >= 0.6 is 0 Å². The minimum atomic E-state index is -3.33. The Morgan fingerprint density at radius 3 is 2.27 bits per heavy atom. The van der Waals surface area contributed by atoms with Crippen molar-refractivity contribution >= 4 is 17.7 Å². The lowest BCUT2D eigenvalue weighted by Crippen LogP contribution is -2.46. The molecule has 0 atom stereocenters. The Labute approximate surface area is 169 Å². The lowest BCUT2D eigenvalue weighted by molar-refractivity contribution is -0.131. The highest BCUT2D eigenvalue weighted by atomic mass is 19.3. The van der Waals surface area contributed by atoms with Crippen molar-refractivity contribution in [2.75, 3.05) is 6.54 Å². The molecule has 30 heavy (non-hydrogen) atoms. The number of nitrogens with one attached hydrogen (secondary N) is 1. The van der Waals surface area contributed by atoms with Crippen LogP contribution in [0.1, 0.15) is 48.9 Å². The number of rotatable bonds is 7. The Morgan fingerprint density at radius 2 is 1.67 bits per heavy atom. The summed E-state index contributed by atoms with van der Waals surface area (Å²) in [5.74, 6) is -2.56. The molecule has 1 heterocycles. The number of imide groups is 1. The quantitative estimate of drug-likeness (QED) is 0.403. The number of urea groups is 1. The van der Waals surface area contributed by atoms with Crippen LogP contribution in [0.2, 0.25) is 0 Å². The minimum Gasteiger partial charge on any atom is -0.435 e. The standard InChI is InChI=1S/C19H20F4N2O5/c20-16(21)29-11-5-6-12(14(9-11)30-17(22)23)13(26)10-25-15(27)19(24-18(25)28)7-3-1-2-4-8-19/h5-6,9,16-17H,1-4,7-8,10H2,(H,24,28). The molecule has 2 aliphatic rings. The van der Waals surface area contributed by atoms with Crippen molar-refractivity contribution in [2.45, 2.75) is 57.3 Å². The van der Waals surface area contributed by atoms with E-state index >= 15 is 0 Å². The van der Waals surface area contributed by atoms with Gasteiger partial charge in [0.15, 0.2) is 5.78 Å². The average molecular weight is 432 g/mol. The number of hydrogen-bond donors (Lipinski definition) is 1. The second-order valence-corrected chi connectivity index (χ2v) is 7.16. The molecule has 164 valence electrons. The van der Waals surface area contributed by atoms with Crippen LogP contribution in [0, 0.1) is 0 Å². The predicted octanol–water partition coefficient (Wildman–Crippen LogP) is 3.72. The Hall–Kier alpha value is -2.85. The molecule has 2 fully saturated rings. The average Bonchev–Trinajstić information content (AvgIpc) is 2.81. The van der Waals surface area contributed by atoms with E-state index in [0.717, 1.165) is 48.8 Å². The zero-order valence-corrected chi connectivity index (χ0v) is 15.8. The summed E-state index contributed by atoms with van der Waals surface area (Å²) in [5.41, 5.74) is -1.44. The zero-order chi connectivity index (χ0) is 21.9. The molecule has 0 bridgehead atoms. The Bertz CT molecular complexity index is 825. The number of alkyl halides is 4. The van der Waals surface area contributed by atoms with E-state index in [1.165, 1.54) is 0 Å². The highest BCUT2D eigenvalue weighted by molar-refractivity contribution is 6.11. The number of ether oxygens (including phenoxy) is 2. The van der Waals surface area contributed by atoms with Crippen molar-refractivity contribution in [2.24, 2.45) is 0 Å². The van der Waals surface area contributed by atoms with Gasteiger partial charge in [0.05, 0.1) is 12.1 Å². The molecule has 1 N–H and O–H groups in total. The van der Waals surface area contributed by atoms with Gasteiger partial charge < -0.3 is 14.8 Å². The smallest absolute Gasteiger partial charge is 0.387 e. The van der Waals surface area contributed by atoms with Gasteiger partial charge in [-0.1, -0.05) is 25.7 Å². The van der Waals surface area contributed by atoms with Gasteiger partial charge in [-0.25, -0.2) is 4.79 Å². The topological polar surface area (TPSA) is 84.9 Å². The maximum Gasteiger partial charge on any atom is 0.387 e. The third-order valence-corrected chi connectivity index (χ3v) is 5.20. The van der Waals surface area contributed by atoms with Gasteiger partial charge in [0.2, 0.25) is 0 Å². The number of hydrogen-bond acceptors (Lipinski definition) is 5. The minimum absolute atomic E-state index is 0.390. The van der Waals surface area contributed by atoms with Gasteiger partial charge in [-0.05, 0) is 25.0 Å². The van der Waals surface area contributed by atoms with Gasteiger partial charge in [0.25, 0.3) is 5.91 Å². The highest BCUT2D eigenvalue weighted by Gasteiger charge is 2.51. The first-order valence-corrected chi connectivity index (χ1v) is 9.43. The first-order chi connectivity index (χ1) is 14.2. The van der Waals surface area contributed by atoms with Crippen LogP contribution in [0.25, 0.3) is 0 Å². The Kier molecular flexibility index (Phi) is 6.47. The van der Waals surface area contributed by atoms with Gasteiger partial charge in [-0.15, -0.1) is 0 Å². The summed E-state index contributed by atoms with van der Waals surface area (Å²) in [5, 5.41) is 2.67. The molecule has 1 aliphatic heterocycles. The fraction of sp³-hybridized carbons (Fsp3) is 0.526. The maximum atomic E-state index is 12.9. The summed E-state index contributed by atoms with van der Waals surface area (Å²) in [7, 11) is 0. The van der Waals surface area contributed by atoms with Crippen LogP contribution in [0.5, 0.6) is 11.5 Å². The second-order valence-electron chi connectivity index (χ2n) is 7.16. The fourth-order valence-corrected chi connectivity index (χ4v) is 3.82. The van der Waals surface area contributed by atoms with E-state index in [9.17, 15) is 31.9 Å². The van der Waals surface area contributed by atoms with E-state index in [-0.39, 0.29) is 5.56 Å². The predicted molar refractivity (Wildman–Crippen MR) is 94.7 cm³/mol. The first kappa shape index (κ1) is 21.8. The SMILES string of the molecule is O=C(CN1C(=O)NC2(CCCCCC2)C1=O)c1ccc(OC(F)F)cc1OC(F)F. The number of Topliss-reactive ketones (excluding diaryl/α,β-unsaturated/α-hetero) is 1. The van der Waals surface area contributed by atoms with Crippen LogP contribution < -0.4 is 14.8 Å². The maximum absolute atomic E-state index is 12.9. The molecule has 1 aromatic carbocycles. The van der Waals surface area contributed by atoms with Crippen molar-refractivity contribution in [3.8, 4) is 11.5 Å².